The van der Waals surface area contributed by atoms with Gasteiger partial charge >= 0.3 is 35.8 Å². The zero-order chi connectivity index (χ0) is 49.9. The fourth-order valence-corrected chi connectivity index (χ4v) is 8.21. The number of rotatable bonds is 29. The maximum Gasteiger partial charge on any atom is 0.330 e. The first kappa shape index (κ1) is 54.2. The highest BCUT2D eigenvalue weighted by molar-refractivity contribution is 5.84. The van der Waals surface area contributed by atoms with Crippen LogP contribution in [0.1, 0.15) is 119 Å². The average molecular weight is 967 g/mol. The van der Waals surface area contributed by atoms with E-state index in [2.05, 4.69) is 13.2 Å². The minimum Gasteiger partial charge on any atom is -0.494 e. The third kappa shape index (κ3) is 19.0. The van der Waals surface area contributed by atoms with E-state index >= 15 is 0 Å². The summed E-state index contributed by atoms with van der Waals surface area (Å²) in [5.41, 5.74) is 0.930. The van der Waals surface area contributed by atoms with Crippen LogP contribution in [0.15, 0.2) is 92.0 Å². The number of carbonyl (C=O) groups is 7. The molecule has 0 aromatic heterocycles. The monoisotopic (exact) mass is 966 g/mol. The van der Waals surface area contributed by atoms with E-state index < -0.39 is 23.8 Å². The van der Waals surface area contributed by atoms with Crippen molar-refractivity contribution >= 4 is 42.1 Å². The summed E-state index contributed by atoms with van der Waals surface area (Å²) in [5.74, 6) is -1.46. The first-order chi connectivity index (χ1) is 34.0. The van der Waals surface area contributed by atoms with E-state index in [1.54, 1.807) is 66.7 Å². The third-order valence-corrected chi connectivity index (χ3v) is 12.4. The highest BCUT2D eigenvalue weighted by atomic mass is 16.6. The number of esters is 6. The minimum atomic E-state index is -0.466. The van der Waals surface area contributed by atoms with Gasteiger partial charge in [0.15, 0.2) is 6.29 Å². The Balaban J connectivity index is 0.921. The van der Waals surface area contributed by atoms with Crippen LogP contribution in [-0.4, -0.2) is 75.1 Å². The van der Waals surface area contributed by atoms with Gasteiger partial charge in [0, 0.05) is 18.6 Å². The maximum atomic E-state index is 13.2. The second-order valence-corrected chi connectivity index (χ2v) is 17.5. The number of hydrogen-bond donors (Lipinski definition) is 0. The Kier molecular flexibility index (Phi) is 23.2. The molecular formula is C55H66O15. The van der Waals surface area contributed by atoms with Crippen LogP contribution >= 0.6 is 0 Å². The molecule has 0 unspecified atom stereocenters. The van der Waals surface area contributed by atoms with Crippen molar-refractivity contribution in [3.63, 3.8) is 0 Å². The van der Waals surface area contributed by atoms with Gasteiger partial charge in [0.25, 0.3) is 0 Å². The second kappa shape index (κ2) is 30.0. The van der Waals surface area contributed by atoms with Crippen molar-refractivity contribution in [3.8, 4) is 28.7 Å². The lowest BCUT2D eigenvalue weighted by Crippen LogP contribution is -2.30. The van der Waals surface area contributed by atoms with E-state index in [9.17, 15) is 33.6 Å². The van der Waals surface area contributed by atoms with Crippen molar-refractivity contribution in [2.75, 3.05) is 33.0 Å². The molecule has 5 rings (SSSR count). The van der Waals surface area contributed by atoms with Crippen LogP contribution in [0.3, 0.4) is 0 Å². The third-order valence-electron chi connectivity index (χ3n) is 12.4. The molecule has 2 saturated carbocycles. The van der Waals surface area contributed by atoms with Crippen molar-refractivity contribution < 1.29 is 71.5 Å². The van der Waals surface area contributed by atoms with Gasteiger partial charge in [0.2, 0.25) is 0 Å². The van der Waals surface area contributed by atoms with Gasteiger partial charge in [-0.25, -0.2) is 9.59 Å². The van der Waals surface area contributed by atoms with Crippen LogP contribution in [0.5, 0.6) is 28.7 Å². The van der Waals surface area contributed by atoms with Gasteiger partial charge in [0.1, 0.15) is 28.7 Å². The normalized spacial score (nSPS) is 17.4. The molecule has 15 heteroatoms. The molecule has 0 radical (unpaired) electrons. The average Bonchev–Trinajstić information content (AvgIpc) is 3.38. The van der Waals surface area contributed by atoms with Crippen LogP contribution in [-0.2, 0) is 49.4 Å². The predicted octanol–water partition coefficient (Wildman–Crippen LogP) is 9.65. The summed E-state index contributed by atoms with van der Waals surface area (Å²) in [4.78, 5) is 86.1. The molecule has 2 aliphatic rings. The summed E-state index contributed by atoms with van der Waals surface area (Å²) in [6, 6.07) is 18.7. The molecule has 70 heavy (non-hydrogen) atoms. The summed E-state index contributed by atoms with van der Waals surface area (Å²) in [6.45, 7) is 8.67. The summed E-state index contributed by atoms with van der Waals surface area (Å²) >= 11 is 0. The van der Waals surface area contributed by atoms with Crippen molar-refractivity contribution in [2.24, 2.45) is 23.7 Å². The zero-order valence-corrected chi connectivity index (χ0v) is 40.0. The predicted molar refractivity (Wildman–Crippen MR) is 257 cm³/mol. The number of hydrogen-bond acceptors (Lipinski definition) is 15. The largest absolute Gasteiger partial charge is 0.494 e. The number of ether oxygens (including phenoxy) is 8. The fourth-order valence-electron chi connectivity index (χ4n) is 8.21. The zero-order valence-electron chi connectivity index (χ0n) is 40.0. The Morgan fingerprint density at radius 2 is 0.829 bits per heavy atom. The summed E-state index contributed by atoms with van der Waals surface area (Å²) in [7, 11) is 0. The molecule has 15 nitrogen and oxygen atoms in total. The van der Waals surface area contributed by atoms with Crippen molar-refractivity contribution in [1.29, 1.82) is 0 Å². The quantitative estimate of drug-likeness (QED) is 0.0159. The van der Waals surface area contributed by atoms with Crippen LogP contribution in [0.4, 0.5) is 0 Å². The first-order valence-corrected chi connectivity index (χ1v) is 24.5. The molecule has 2 fully saturated rings. The molecule has 3 aromatic carbocycles. The molecule has 0 bridgehead atoms. The van der Waals surface area contributed by atoms with Gasteiger partial charge in [0.05, 0.1) is 62.3 Å². The maximum absolute atomic E-state index is 13.2. The highest BCUT2D eigenvalue weighted by Gasteiger charge is 2.34. The Hall–Kier alpha value is -6.77. The Morgan fingerprint density at radius 3 is 1.24 bits per heavy atom. The van der Waals surface area contributed by atoms with Gasteiger partial charge in [-0.05, 0) is 169 Å². The van der Waals surface area contributed by atoms with Gasteiger partial charge in [-0.3, -0.25) is 24.0 Å². The second-order valence-electron chi connectivity index (χ2n) is 17.5. The molecule has 376 valence electrons. The minimum absolute atomic E-state index is 0.0969. The first-order valence-electron chi connectivity index (χ1n) is 24.5. The Bertz CT molecular complexity index is 2180. The van der Waals surface area contributed by atoms with Gasteiger partial charge < -0.3 is 37.9 Å². The molecule has 0 saturated heterocycles. The van der Waals surface area contributed by atoms with Crippen molar-refractivity contribution in [2.45, 2.75) is 109 Å². The van der Waals surface area contributed by atoms with Crippen LogP contribution in [0.25, 0.3) is 0 Å². The Morgan fingerprint density at radius 1 is 0.443 bits per heavy atom. The lowest BCUT2D eigenvalue weighted by Gasteiger charge is -2.26. The molecular weight excluding hydrogens is 901 g/mol. The highest BCUT2D eigenvalue weighted by Crippen LogP contribution is 2.34. The fraction of sp³-hybridized carbons (Fsp3) is 0.473. The smallest absolute Gasteiger partial charge is 0.330 e. The molecule has 0 amide bonds. The van der Waals surface area contributed by atoms with Crippen molar-refractivity contribution in [3.05, 3.63) is 103 Å². The summed E-state index contributed by atoms with van der Waals surface area (Å²) < 4.78 is 44.0. The van der Waals surface area contributed by atoms with Crippen LogP contribution in [0.2, 0.25) is 0 Å². The van der Waals surface area contributed by atoms with Crippen LogP contribution in [0, 0.1) is 23.7 Å². The number of benzene rings is 3. The summed E-state index contributed by atoms with van der Waals surface area (Å²) in [6.07, 6.45) is 14.1. The van der Waals surface area contributed by atoms with E-state index in [-0.39, 0.29) is 53.6 Å². The molecule has 0 heterocycles. The van der Waals surface area contributed by atoms with E-state index in [0.717, 1.165) is 69.1 Å². The van der Waals surface area contributed by atoms with Crippen molar-refractivity contribution in [1.82, 2.24) is 0 Å². The lowest BCUT2D eigenvalue weighted by molar-refractivity contribution is -0.152. The van der Waals surface area contributed by atoms with E-state index in [1.807, 2.05) is 0 Å². The number of unbranched alkanes of at least 4 members (excludes halogenated alkanes) is 6. The summed E-state index contributed by atoms with van der Waals surface area (Å²) in [5, 5.41) is 0. The molecule has 0 aliphatic heterocycles. The van der Waals surface area contributed by atoms with Gasteiger partial charge in [-0.2, -0.15) is 0 Å². The van der Waals surface area contributed by atoms with E-state index in [0.29, 0.717) is 113 Å². The van der Waals surface area contributed by atoms with Gasteiger partial charge in [-0.15, -0.1) is 0 Å². The van der Waals surface area contributed by atoms with Gasteiger partial charge in [-0.1, -0.05) is 19.2 Å². The molecule has 0 spiro atoms. The SMILES string of the molecule is C=CC(=O)OCCCCCCOc1ccc(OC(=O)C2CCC(C(=O)OCCc3ccc(OC(=O)C4CCC(C(=O)Oc5ccc(OCCCCCCOC(=O)C=C)cc5)CC4)c(C=O)c3)CC2)cc1. The van der Waals surface area contributed by atoms with Crippen LogP contribution < -0.4 is 23.7 Å². The molecule has 0 atom stereocenters. The van der Waals surface area contributed by atoms with E-state index in [4.69, 9.17) is 37.9 Å². The molecule has 2 aliphatic carbocycles. The standard InChI is InChI=1S/C55H66O15/c1-3-50(57)65-34-11-7-5-9-32-63-45-22-26-47(27-23-45)68-53(60)41-16-14-40(15-17-41)52(59)67-36-31-39-13-30-49(44(37-39)38-56)70-55(62)43-20-18-42(19-21-43)54(61)69-48-28-24-46(25-29-48)64-33-10-6-8-12-35-66-51(58)4-2/h3-4,13,22-30,37-38,40-43H,1-2,5-12,14-21,31-36H2. The Labute approximate surface area is 410 Å². The number of carbonyl (C=O) groups excluding carboxylic acids is 7. The topological polar surface area (TPSA) is 193 Å². The molecule has 0 N–H and O–H groups in total. The lowest BCUT2D eigenvalue weighted by atomic mass is 9.82. The number of aldehydes is 1. The van der Waals surface area contributed by atoms with E-state index in [1.165, 1.54) is 0 Å². The molecule has 3 aromatic rings.